The molecule has 0 radical (unpaired) electrons. The minimum absolute atomic E-state index is 0.0188. The minimum atomic E-state index is -0.212. The fourth-order valence-corrected chi connectivity index (χ4v) is 4.46. The van der Waals surface area contributed by atoms with E-state index in [9.17, 15) is 4.79 Å². The highest BCUT2D eigenvalue weighted by Crippen LogP contribution is 2.24. The van der Waals surface area contributed by atoms with Crippen molar-refractivity contribution in [1.29, 1.82) is 0 Å². The van der Waals surface area contributed by atoms with Crippen LogP contribution in [0.2, 0.25) is 5.02 Å². The van der Waals surface area contributed by atoms with Gasteiger partial charge in [0.2, 0.25) is 5.91 Å². The summed E-state index contributed by atoms with van der Waals surface area (Å²) in [5.74, 6) is 0.0188. The summed E-state index contributed by atoms with van der Waals surface area (Å²) in [4.78, 5) is 21.7. The van der Waals surface area contributed by atoms with Crippen LogP contribution in [0.4, 0.5) is 5.69 Å². The predicted octanol–water partition coefficient (Wildman–Crippen LogP) is 3.82. The Morgan fingerprint density at radius 1 is 1.10 bits per heavy atom. The topological polar surface area (TPSA) is 48.5 Å². The van der Waals surface area contributed by atoms with E-state index in [0.29, 0.717) is 6.54 Å². The standard InChI is InChI=1S/C22H23ClN4OS/c23-18-7-4-8-19(15-18)27-12-10-26(11-13-27)16-20(28)25-21(22-24-9-14-29-22)17-5-2-1-3-6-17/h1-9,14-15,21H,10-13,16H2,(H,25,28). The quantitative estimate of drug-likeness (QED) is 0.650. The Bertz CT molecular complexity index is 927. The van der Waals surface area contributed by atoms with Gasteiger partial charge >= 0.3 is 0 Å². The molecule has 0 bridgehead atoms. The second kappa shape index (κ2) is 9.39. The molecule has 1 aromatic heterocycles. The summed E-state index contributed by atoms with van der Waals surface area (Å²) in [7, 11) is 0. The number of rotatable bonds is 6. The van der Waals surface area contributed by atoms with Crippen molar-refractivity contribution < 1.29 is 4.79 Å². The minimum Gasteiger partial charge on any atom is -0.369 e. The molecule has 1 fully saturated rings. The van der Waals surface area contributed by atoms with Gasteiger partial charge in [0, 0.05) is 48.5 Å². The van der Waals surface area contributed by atoms with Gasteiger partial charge in [-0.05, 0) is 23.8 Å². The molecule has 1 N–H and O–H groups in total. The molecule has 1 atom stereocenters. The second-order valence-electron chi connectivity index (χ2n) is 7.02. The molecule has 1 aliphatic rings. The Balaban J connectivity index is 1.34. The van der Waals surface area contributed by atoms with Gasteiger partial charge in [0.1, 0.15) is 11.0 Å². The van der Waals surface area contributed by atoms with Gasteiger partial charge < -0.3 is 10.2 Å². The van der Waals surface area contributed by atoms with Crippen LogP contribution in [-0.4, -0.2) is 48.5 Å². The van der Waals surface area contributed by atoms with Crippen LogP contribution in [0, 0.1) is 0 Å². The molecule has 0 aliphatic carbocycles. The van der Waals surface area contributed by atoms with Gasteiger partial charge in [-0.1, -0.05) is 48.0 Å². The molecule has 0 spiro atoms. The van der Waals surface area contributed by atoms with Gasteiger partial charge in [0.05, 0.1) is 6.54 Å². The summed E-state index contributed by atoms with van der Waals surface area (Å²) < 4.78 is 0. The van der Waals surface area contributed by atoms with E-state index >= 15 is 0 Å². The molecular weight excluding hydrogens is 404 g/mol. The van der Waals surface area contributed by atoms with Crippen molar-refractivity contribution in [3.63, 3.8) is 0 Å². The third kappa shape index (κ3) is 5.15. The molecule has 1 saturated heterocycles. The maximum atomic E-state index is 12.8. The number of amides is 1. The summed E-state index contributed by atoms with van der Waals surface area (Å²) in [6.45, 7) is 3.82. The van der Waals surface area contributed by atoms with E-state index in [1.54, 1.807) is 17.5 Å². The van der Waals surface area contributed by atoms with Crippen molar-refractivity contribution in [3.05, 3.63) is 81.8 Å². The van der Waals surface area contributed by atoms with Crippen molar-refractivity contribution in [2.45, 2.75) is 6.04 Å². The number of halogens is 1. The highest BCUT2D eigenvalue weighted by atomic mass is 35.5. The zero-order valence-corrected chi connectivity index (χ0v) is 17.6. The van der Waals surface area contributed by atoms with E-state index in [-0.39, 0.29) is 11.9 Å². The molecule has 0 saturated carbocycles. The first-order valence-electron chi connectivity index (χ1n) is 9.65. The van der Waals surface area contributed by atoms with Crippen LogP contribution in [0.3, 0.4) is 0 Å². The normalized spacial score (nSPS) is 15.8. The van der Waals surface area contributed by atoms with Crippen LogP contribution < -0.4 is 10.2 Å². The number of piperazine rings is 1. The number of hydrogen-bond donors (Lipinski definition) is 1. The molecule has 7 heteroatoms. The third-order valence-corrected chi connectivity index (χ3v) is 6.12. The first-order valence-corrected chi connectivity index (χ1v) is 10.9. The van der Waals surface area contributed by atoms with Crippen LogP contribution >= 0.6 is 22.9 Å². The van der Waals surface area contributed by atoms with Crippen LogP contribution in [-0.2, 0) is 4.79 Å². The Labute approximate surface area is 179 Å². The summed E-state index contributed by atoms with van der Waals surface area (Å²) in [6.07, 6.45) is 1.77. The lowest BCUT2D eigenvalue weighted by atomic mass is 10.1. The smallest absolute Gasteiger partial charge is 0.235 e. The van der Waals surface area contributed by atoms with Crippen LogP contribution in [0.5, 0.6) is 0 Å². The summed E-state index contributed by atoms with van der Waals surface area (Å²) in [6, 6.07) is 17.7. The lowest BCUT2D eigenvalue weighted by molar-refractivity contribution is -0.122. The van der Waals surface area contributed by atoms with Gasteiger partial charge in [-0.3, -0.25) is 9.69 Å². The number of thiazole rings is 1. The third-order valence-electron chi connectivity index (χ3n) is 5.05. The Hall–Kier alpha value is -2.41. The largest absolute Gasteiger partial charge is 0.369 e. The monoisotopic (exact) mass is 426 g/mol. The summed E-state index contributed by atoms with van der Waals surface area (Å²) >= 11 is 7.66. The van der Waals surface area contributed by atoms with E-state index in [0.717, 1.165) is 47.5 Å². The first-order chi connectivity index (χ1) is 14.2. The number of benzene rings is 2. The second-order valence-corrected chi connectivity index (χ2v) is 8.39. The van der Waals surface area contributed by atoms with Crippen LogP contribution in [0.15, 0.2) is 66.2 Å². The molecule has 4 rings (SSSR count). The van der Waals surface area contributed by atoms with Crippen molar-refractivity contribution in [1.82, 2.24) is 15.2 Å². The maximum absolute atomic E-state index is 12.8. The predicted molar refractivity (Wildman–Crippen MR) is 119 cm³/mol. The average molecular weight is 427 g/mol. The van der Waals surface area contributed by atoms with E-state index in [2.05, 4.69) is 26.2 Å². The van der Waals surface area contributed by atoms with Gasteiger partial charge in [-0.25, -0.2) is 4.98 Å². The number of carbonyl (C=O) groups excluding carboxylic acids is 1. The first kappa shape index (κ1) is 19.9. The zero-order chi connectivity index (χ0) is 20.1. The number of hydrogen-bond acceptors (Lipinski definition) is 5. The van der Waals surface area contributed by atoms with E-state index < -0.39 is 0 Å². The Morgan fingerprint density at radius 2 is 1.90 bits per heavy atom. The molecule has 1 aliphatic heterocycles. The molecule has 2 heterocycles. The number of aromatic nitrogens is 1. The number of carbonyl (C=O) groups is 1. The lowest BCUT2D eigenvalue weighted by Gasteiger charge is -2.36. The van der Waals surface area contributed by atoms with Gasteiger partial charge in [-0.15, -0.1) is 11.3 Å². The molecule has 2 aromatic carbocycles. The molecule has 1 amide bonds. The highest BCUT2D eigenvalue weighted by molar-refractivity contribution is 7.09. The van der Waals surface area contributed by atoms with Crippen molar-refractivity contribution in [3.8, 4) is 0 Å². The maximum Gasteiger partial charge on any atom is 0.235 e. The summed E-state index contributed by atoms with van der Waals surface area (Å²) in [5.41, 5.74) is 2.18. The highest BCUT2D eigenvalue weighted by Gasteiger charge is 2.23. The van der Waals surface area contributed by atoms with Crippen molar-refractivity contribution >= 4 is 34.5 Å². The Morgan fingerprint density at radius 3 is 2.59 bits per heavy atom. The molecule has 5 nitrogen and oxygen atoms in total. The van der Waals surface area contributed by atoms with Crippen LogP contribution in [0.25, 0.3) is 0 Å². The zero-order valence-electron chi connectivity index (χ0n) is 16.0. The molecule has 150 valence electrons. The SMILES string of the molecule is O=C(CN1CCN(c2cccc(Cl)c2)CC1)NC(c1ccccc1)c1nccs1. The fraction of sp³-hybridized carbons (Fsp3) is 0.273. The molecule has 3 aromatic rings. The number of nitrogens with zero attached hydrogens (tertiary/aromatic N) is 3. The lowest BCUT2D eigenvalue weighted by Crippen LogP contribution is -2.49. The van der Waals surface area contributed by atoms with E-state index in [4.69, 9.17) is 11.6 Å². The van der Waals surface area contributed by atoms with Crippen molar-refractivity contribution in [2.75, 3.05) is 37.6 Å². The van der Waals surface area contributed by atoms with Crippen molar-refractivity contribution in [2.24, 2.45) is 0 Å². The van der Waals surface area contributed by atoms with E-state index in [1.165, 1.54) is 0 Å². The van der Waals surface area contributed by atoms with Crippen LogP contribution in [0.1, 0.15) is 16.6 Å². The molecule has 29 heavy (non-hydrogen) atoms. The number of nitrogens with one attached hydrogen (secondary N) is 1. The number of anilines is 1. The van der Waals surface area contributed by atoms with E-state index in [1.807, 2.05) is 53.9 Å². The fourth-order valence-electron chi connectivity index (χ4n) is 3.56. The van der Waals surface area contributed by atoms with Gasteiger partial charge in [-0.2, -0.15) is 0 Å². The van der Waals surface area contributed by atoms with Gasteiger partial charge in [0.15, 0.2) is 0 Å². The molecule has 1 unspecified atom stereocenters. The molecular formula is C22H23ClN4OS. The van der Waals surface area contributed by atoms with Gasteiger partial charge in [0.25, 0.3) is 0 Å². The Kier molecular flexibility index (Phi) is 6.44. The average Bonchev–Trinajstić information content (AvgIpc) is 3.28. The summed E-state index contributed by atoms with van der Waals surface area (Å²) in [5, 5.41) is 6.75.